The summed E-state index contributed by atoms with van der Waals surface area (Å²) in [5.41, 5.74) is 0. The van der Waals surface area contributed by atoms with E-state index in [4.69, 9.17) is 9.47 Å². The summed E-state index contributed by atoms with van der Waals surface area (Å²) in [6.07, 6.45) is 47.7. The first-order chi connectivity index (χ1) is 24.7. The van der Waals surface area contributed by atoms with Crippen LogP contribution in [-0.2, 0) is 24.1 Å². The highest BCUT2D eigenvalue weighted by Crippen LogP contribution is 2.12. The van der Waals surface area contributed by atoms with Gasteiger partial charge in [-0.3, -0.25) is 4.18 Å². The van der Waals surface area contributed by atoms with Crippen molar-refractivity contribution >= 4 is 10.4 Å². The smallest absolute Gasteiger partial charge is 0.217 e. The molecule has 0 saturated carbocycles. The standard InChI is InChI=1S/C42H84NO2.CH4O4S/c1-5-7-9-11-13-15-17-19-21-23-25-27-29-31-33-35-39-44-41-37-43(3,4)38-42-45-40-36-34-32-30-28-26-24-22-20-18-16-14-12-10-8-6-2;1-5-6(2,3)4/h19-22H,5-18,23-42H2,1-4H3;1H3,(H,2,3,4)/q+1;/p-1. The van der Waals surface area contributed by atoms with E-state index in [0.29, 0.717) is 0 Å². The van der Waals surface area contributed by atoms with Crippen LogP contribution < -0.4 is 0 Å². The maximum absolute atomic E-state index is 9.22. The van der Waals surface area contributed by atoms with E-state index < -0.39 is 10.4 Å². The number of allylic oxidation sites excluding steroid dienone is 4. The zero-order chi connectivity index (χ0) is 38.0. The molecule has 8 heteroatoms. The fourth-order valence-electron chi connectivity index (χ4n) is 5.84. The van der Waals surface area contributed by atoms with Crippen molar-refractivity contribution in [3.63, 3.8) is 0 Å². The Labute approximate surface area is 319 Å². The molecule has 7 nitrogen and oxygen atoms in total. The van der Waals surface area contributed by atoms with Gasteiger partial charge in [0.05, 0.1) is 34.4 Å². The number of hydrogen-bond acceptors (Lipinski definition) is 6. The van der Waals surface area contributed by atoms with Crippen molar-refractivity contribution in [2.24, 2.45) is 0 Å². The quantitative estimate of drug-likeness (QED) is 0.0205. The fourth-order valence-corrected chi connectivity index (χ4v) is 5.84. The Morgan fingerprint density at radius 1 is 0.451 bits per heavy atom. The minimum atomic E-state index is -4.41. The Balaban J connectivity index is 0. The largest absolute Gasteiger partial charge is 0.726 e. The van der Waals surface area contributed by atoms with E-state index in [-0.39, 0.29) is 0 Å². The highest BCUT2D eigenvalue weighted by Gasteiger charge is 2.14. The summed E-state index contributed by atoms with van der Waals surface area (Å²) in [6.45, 7) is 10.3. The molecule has 0 atom stereocenters. The first-order valence-electron chi connectivity index (χ1n) is 21.5. The van der Waals surface area contributed by atoms with Crippen LogP contribution in [0.3, 0.4) is 0 Å². The molecule has 0 unspecified atom stereocenters. The van der Waals surface area contributed by atoms with Gasteiger partial charge in [-0.25, -0.2) is 8.42 Å². The summed E-state index contributed by atoms with van der Waals surface area (Å²) in [7, 11) is 1.01. The van der Waals surface area contributed by atoms with Gasteiger partial charge in [0, 0.05) is 13.2 Å². The van der Waals surface area contributed by atoms with Crippen molar-refractivity contribution in [3.05, 3.63) is 24.3 Å². The second-order valence-corrected chi connectivity index (χ2v) is 16.2. The number of rotatable bonds is 39. The van der Waals surface area contributed by atoms with Gasteiger partial charge >= 0.3 is 0 Å². The molecule has 306 valence electrons. The van der Waals surface area contributed by atoms with Gasteiger partial charge in [-0.15, -0.1) is 0 Å². The van der Waals surface area contributed by atoms with Gasteiger partial charge in [0.15, 0.2) is 0 Å². The minimum absolute atomic E-state index is 0.808. The number of unbranched alkanes of at least 4 members (excludes halogenated alkanes) is 24. The number of likely N-dealkylation sites (N-methyl/N-ethyl adjacent to an activating group) is 1. The maximum Gasteiger partial charge on any atom is 0.217 e. The lowest BCUT2D eigenvalue weighted by Gasteiger charge is -2.29. The normalized spacial score (nSPS) is 12.3. The first-order valence-corrected chi connectivity index (χ1v) is 22.8. The summed E-state index contributed by atoms with van der Waals surface area (Å²) in [5, 5.41) is 0. The molecule has 0 fully saturated rings. The molecule has 0 bridgehead atoms. The van der Waals surface area contributed by atoms with Crippen molar-refractivity contribution in [3.8, 4) is 0 Å². The Morgan fingerprint density at radius 3 is 0.980 bits per heavy atom. The van der Waals surface area contributed by atoms with E-state index in [2.05, 4.69) is 56.4 Å². The lowest BCUT2D eigenvalue weighted by Crippen LogP contribution is -2.44. The third-order valence-electron chi connectivity index (χ3n) is 9.49. The van der Waals surface area contributed by atoms with Crippen LogP contribution in [-0.4, -0.2) is 78.2 Å². The Bertz CT molecular complexity index is 780. The highest BCUT2D eigenvalue weighted by molar-refractivity contribution is 7.80. The highest BCUT2D eigenvalue weighted by atomic mass is 32.3. The molecule has 0 aliphatic carbocycles. The van der Waals surface area contributed by atoms with Gasteiger partial charge in [-0.1, -0.05) is 154 Å². The van der Waals surface area contributed by atoms with Crippen LogP contribution in [0.15, 0.2) is 24.3 Å². The van der Waals surface area contributed by atoms with Crippen LogP contribution in [0.25, 0.3) is 0 Å². The van der Waals surface area contributed by atoms with Gasteiger partial charge in [-0.2, -0.15) is 0 Å². The van der Waals surface area contributed by atoms with E-state index in [9.17, 15) is 13.0 Å². The molecule has 0 heterocycles. The predicted octanol–water partition coefficient (Wildman–Crippen LogP) is 12.3. The molecule has 0 aromatic rings. The van der Waals surface area contributed by atoms with E-state index in [1.165, 1.54) is 180 Å². The number of hydrogen-bond donors (Lipinski definition) is 0. The molecule has 51 heavy (non-hydrogen) atoms. The Kier molecular flexibility index (Phi) is 43.1. The van der Waals surface area contributed by atoms with Crippen LogP contribution >= 0.6 is 0 Å². The van der Waals surface area contributed by atoms with Crippen LogP contribution in [0, 0.1) is 0 Å². The summed E-state index contributed by atoms with van der Waals surface area (Å²) in [5.74, 6) is 0. The number of quaternary nitrogens is 1. The molecule has 0 aromatic carbocycles. The molecule has 0 amide bonds. The third kappa shape index (κ3) is 51.4. The van der Waals surface area contributed by atoms with Gasteiger partial charge in [0.1, 0.15) is 13.1 Å². The van der Waals surface area contributed by atoms with Crippen molar-refractivity contribution in [2.45, 2.75) is 194 Å². The van der Waals surface area contributed by atoms with E-state index in [1.807, 2.05) is 0 Å². The summed E-state index contributed by atoms with van der Waals surface area (Å²) in [4.78, 5) is 0. The minimum Gasteiger partial charge on any atom is -0.726 e. The van der Waals surface area contributed by atoms with E-state index >= 15 is 0 Å². The predicted molar refractivity (Wildman–Crippen MR) is 219 cm³/mol. The SMILES string of the molecule is CCCCCCCCC=CCCCCCCCCOCC[N+](C)(C)CCOCCCCCCCCC=CCCCCCCCC.COS(=O)(=O)[O-]. The number of nitrogens with zero attached hydrogens (tertiary/aromatic N) is 1. The van der Waals surface area contributed by atoms with Gasteiger partial charge in [0.25, 0.3) is 0 Å². The molecule has 0 N–H and O–H groups in total. The summed E-state index contributed by atoms with van der Waals surface area (Å²) in [6, 6.07) is 0. The van der Waals surface area contributed by atoms with Crippen LogP contribution in [0.2, 0.25) is 0 Å². The first kappa shape index (κ1) is 52.3. The van der Waals surface area contributed by atoms with Gasteiger partial charge in [0.2, 0.25) is 10.4 Å². The van der Waals surface area contributed by atoms with Crippen molar-refractivity contribution in [1.29, 1.82) is 0 Å². The maximum atomic E-state index is 9.22. The molecule has 0 aliphatic heterocycles. The molecule has 0 aromatic heterocycles. The molecule has 0 saturated heterocycles. The van der Waals surface area contributed by atoms with Crippen molar-refractivity contribution in [1.82, 2.24) is 0 Å². The van der Waals surface area contributed by atoms with Crippen molar-refractivity contribution < 1.29 is 31.1 Å². The topological polar surface area (TPSA) is 84.9 Å². The average Bonchev–Trinajstić information content (AvgIpc) is 3.10. The van der Waals surface area contributed by atoms with Gasteiger partial charge < -0.3 is 18.5 Å². The molecular formula is C43H87NO6S. The molecular weight excluding hydrogens is 659 g/mol. The lowest BCUT2D eigenvalue weighted by atomic mass is 10.1. The molecule has 0 spiro atoms. The second-order valence-electron chi connectivity index (χ2n) is 15.1. The fraction of sp³-hybridized carbons (Fsp3) is 0.907. The summed E-state index contributed by atoms with van der Waals surface area (Å²) >= 11 is 0. The zero-order valence-corrected chi connectivity index (χ0v) is 35.5. The van der Waals surface area contributed by atoms with E-state index in [1.54, 1.807) is 0 Å². The van der Waals surface area contributed by atoms with Crippen LogP contribution in [0.5, 0.6) is 0 Å². The van der Waals surface area contributed by atoms with Crippen LogP contribution in [0.4, 0.5) is 0 Å². The zero-order valence-electron chi connectivity index (χ0n) is 34.7. The second kappa shape index (κ2) is 42.0. The Hall–Kier alpha value is -0.770. The van der Waals surface area contributed by atoms with Crippen LogP contribution in [0.1, 0.15) is 194 Å². The molecule has 0 aliphatic rings. The van der Waals surface area contributed by atoms with Gasteiger partial charge in [-0.05, 0) is 64.2 Å². The van der Waals surface area contributed by atoms with E-state index in [0.717, 1.165) is 51.1 Å². The van der Waals surface area contributed by atoms with Crippen molar-refractivity contribution in [2.75, 3.05) is 60.7 Å². The number of ether oxygens (including phenoxy) is 2. The lowest BCUT2D eigenvalue weighted by molar-refractivity contribution is -0.891. The Morgan fingerprint density at radius 2 is 0.706 bits per heavy atom. The average molecular weight is 746 g/mol. The third-order valence-corrected chi connectivity index (χ3v) is 9.90. The molecule has 0 rings (SSSR count). The summed E-state index contributed by atoms with van der Waals surface area (Å²) < 4.78 is 43.9. The molecule has 0 radical (unpaired) electrons. The monoisotopic (exact) mass is 746 g/mol.